The number of fused-ring (bicyclic) bond motifs is 1. The van der Waals surface area contributed by atoms with Crippen molar-refractivity contribution in [1.29, 1.82) is 0 Å². The van der Waals surface area contributed by atoms with Gasteiger partial charge in [-0.3, -0.25) is 9.79 Å². The number of carbonyl (C=O) groups excluding carboxylic acids is 1. The van der Waals surface area contributed by atoms with E-state index in [2.05, 4.69) is 59.3 Å². The molecule has 2 aromatic heterocycles. The lowest BCUT2D eigenvalue weighted by atomic mass is 10.2. The Morgan fingerprint density at radius 2 is 2.39 bits per heavy atom. The van der Waals surface area contributed by atoms with Crippen molar-refractivity contribution >= 4 is 46.4 Å². The third kappa shape index (κ3) is 4.96. The number of aliphatic hydroxyl groups excluding tert-OH is 1. The van der Waals surface area contributed by atoms with Crippen molar-refractivity contribution in [3.8, 4) is 0 Å². The number of ether oxygens (including phenoxy) is 1. The molecule has 2 N–H and O–H groups in total. The first-order valence-corrected chi connectivity index (χ1v) is 9.37. The van der Waals surface area contributed by atoms with Crippen LogP contribution in [0.5, 0.6) is 0 Å². The van der Waals surface area contributed by atoms with Gasteiger partial charge >= 0.3 is 0 Å². The summed E-state index contributed by atoms with van der Waals surface area (Å²) in [4.78, 5) is 19.9. The zero-order chi connectivity index (χ0) is 20.5. The van der Waals surface area contributed by atoms with E-state index in [4.69, 9.17) is 0 Å². The van der Waals surface area contributed by atoms with E-state index in [1.165, 1.54) is 12.3 Å². The van der Waals surface area contributed by atoms with Gasteiger partial charge in [0.2, 0.25) is 0 Å². The maximum Gasteiger partial charge on any atom is 0.298 e. The standard InChI is InChI=1S/C12H16BrN5O.C6H7NO2/c1-14-10-5-11(17-4-2-3-8(17)7-19)16-12-9(13)6-15-18(10)12;1-3-6(4-7-2)9-5-8/h5-6,8,14,19H,2-4,7H2,1H3;3-5H,1-2H2/b;6-4+. The van der Waals surface area contributed by atoms with Gasteiger partial charge in [-0.25, -0.2) is 4.98 Å². The molecule has 1 aliphatic heterocycles. The molecule has 1 aliphatic rings. The molecule has 1 saturated heterocycles. The van der Waals surface area contributed by atoms with E-state index in [9.17, 15) is 9.90 Å². The van der Waals surface area contributed by atoms with E-state index in [1.807, 2.05) is 13.1 Å². The van der Waals surface area contributed by atoms with Gasteiger partial charge in [-0.05, 0) is 41.6 Å². The molecule has 3 heterocycles. The fourth-order valence-electron chi connectivity index (χ4n) is 2.85. The number of hydrogen-bond donors (Lipinski definition) is 2. The Bertz CT molecular complexity index is 866. The Morgan fingerprint density at radius 1 is 1.61 bits per heavy atom. The van der Waals surface area contributed by atoms with Gasteiger partial charge in [0.1, 0.15) is 17.4 Å². The number of aliphatic imine (C=N–C) groups is 1. The summed E-state index contributed by atoms with van der Waals surface area (Å²) >= 11 is 3.46. The van der Waals surface area contributed by atoms with Gasteiger partial charge in [-0.2, -0.15) is 9.61 Å². The zero-order valence-corrected chi connectivity index (χ0v) is 17.2. The van der Waals surface area contributed by atoms with Crippen LogP contribution in [0.1, 0.15) is 12.8 Å². The Hall–Kier alpha value is -2.72. The van der Waals surface area contributed by atoms with Crippen LogP contribution in [0.15, 0.2) is 46.3 Å². The molecular weight excluding hydrogens is 428 g/mol. The topological polar surface area (TPSA) is 104 Å². The second kappa shape index (κ2) is 10.6. The van der Waals surface area contributed by atoms with E-state index >= 15 is 0 Å². The minimum Gasteiger partial charge on any atom is -0.427 e. The first-order valence-electron chi connectivity index (χ1n) is 8.57. The average Bonchev–Trinajstić information content (AvgIpc) is 3.34. The minimum absolute atomic E-state index is 0.168. The monoisotopic (exact) mass is 450 g/mol. The summed E-state index contributed by atoms with van der Waals surface area (Å²) in [7, 11) is 1.86. The molecule has 150 valence electrons. The summed E-state index contributed by atoms with van der Waals surface area (Å²) < 4.78 is 6.99. The molecule has 0 bridgehead atoms. The molecule has 1 unspecified atom stereocenters. The number of carbonyl (C=O) groups is 1. The van der Waals surface area contributed by atoms with Gasteiger partial charge in [0, 0.05) is 19.7 Å². The lowest BCUT2D eigenvalue weighted by molar-refractivity contribution is -0.124. The van der Waals surface area contributed by atoms with Gasteiger partial charge in [0.05, 0.1) is 29.5 Å². The first kappa shape index (κ1) is 21.6. The van der Waals surface area contributed by atoms with Crippen LogP contribution in [-0.4, -0.2) is 59.1 Å². The van der Waals surface area contributed by atoms with E-state index in [-0.39, 0.29) is 12.6 Å². The second-order valence-corrected chi connectivity index (χ2v) is 6.64. The van der Waals surface area contributed by atoms with Gasteiger partial charge in [-0.15, -0.1) is 0 Å². The summed E-state index contributed by atoms with van der Waals surface area (Å²) in [6.07, 6.45) is 6.50. The van der Waals surface area contributed by atoms with Crippen molar-refractivity contribution in [2.75, 3.05) is 30.4 Å². The highest BCUT2D eigenvalue weighted by Crippen LogP contribution is 2.28. The van der Waals surface area contributed by atoms with Crippen LogP contribution in [0.25, 0.3) is 5.65 Å². The maximum atomic E-state index is 9.68. The van der Waals surface area contributed by atoms with E-state index in [0.717, 1.165) is 41.1 Å². The van der Waals surface area contributed by atoms with Crippen molar-refractivity contribution in [3.63, 3.8) is 0 Å². The third-order valence-electron chi connectivity index (χ3n) is 4.16. The molecule has 28 heavy (non-hydrogen) atoms. The van der Waals surface area contributed by atoms with E-state index < -0.39 is 0 Å². The zero-order valence-electron chi connectivity index (χ0n) is 15.6. The fourth-order valence-corrected chi connectivity index (χ4v) is 3.20. The van der Waals surface area contributed by atoms with Crippen molar-refractivity contribution in [2.24, 2.45) is 4.99 Å². The largest absolute Gasteiger partial charge is 0.427 e. The molecule has 1 atom stereocenters. The van der Waals surface area contributed by atoms with Crippen molar-refractivity contribution < 1.29 is 14.6 Å². The number of nitrogens with zero attached hydrogens (tertiary/aromatic N) is 5. The predicted octanol–water partition coefficient (Wildman–Crippen LogP) is 2.38. The van der Waals surface area contributed by atoms with E-state index in [0.29, 0.717) is 12.2 Å². The molecule has 2 aromatic rings. The lowest BCUT2D eigenvalue weighted by Gasteiger charge is -2.24. The van der Waals surface area contributed by atoms with Crippen molar-refractivity contribution in [3.05, 3.63) is 41.4 Å². The molecule has 0 aromatic carbocycles. The number of aliphatic hydroxyl groups is 1. The van der Waals surface area contributed by atoms with E-state index in [1.54, 1.807) is 10.7 Å². The second-order valence-electron chi connectivity index (χ2n) is 5.78. The van der Waals surface area contributed by atoms with Crippen LogP contribution < -0.4 is 10.2 Å². The van der Waals surface area contributed by atoms with Crippen LogP contribution in [0.2, 0.25) is 0 Å². The van der Waals surface area contributed by atoms with Gasteiger partial charge in [0.15, 0.2) is 5.65 Å². The van der Waals surface area contributed by atoms with Gasteiger partial charge < -0.3 is 20.1 Å². The average molecular weight is 451 g/mol. The number of nitrogens with one attached hydrogen (secondary N) is 1. The molecule has 3 rings (SSSR count). The maximum absolute atomic E-state index is 9.68. The highest BCUT2D eigenvalue weighted by Gasteiger charge is 2.26. The van der Waals surface area contributed by atoms with Crippen LogP contribution in [-0.2, 0) is 9.53 Å². The summed E-state index contributed by atoms with van der Waals surface area (Å²) in [6.45, 7) is 7.93. The normalized spacial score (nSPS) is 16.3. The van der Waals surface area contributed by atoms with Crippen LogP contribution in [0, 0.1) is 0 Å². The van der Waals surface area contributed by atoms with Crippen molar-refractivity contribution in [1.82, 2.24) is 14.6 Å². The third-order valence-corrected chi connectivity index (χ3v) is 4.72. The number of rotatable bonds is 7. The van der Waals surface area contributed by atoms with Gasteiger partial charge in [-0.1, -0.05) is 6.58 Å². The van der Waals surface area contributed by atoms with Crippen LogP contribution >= 0.6 is 15.9 Å². The Labute approximate surface area is 171 Å². The summed E-state index contributed by atoms with van der Waals surface area (Å²) in [6, 6.07) is 2.14. The first-order chi connectivity index (χ1) is 13.6. The molecule has 0 radical (unpaired) electrons. The molecule has 0 aliphatic carbocycles. The molecule has 0 amide bonds. The Kier molecular flexibility index (Phi) is 8.15. The Balaban J connectivity index is 0.000000266. The minimum atomic E-state index is 0.168. The number of anilines is 2. The Morgan fingerprint density at radius 3 is 3.00 bits per heavy atom. The highest BCUT2D eigenvalue weighted by molar-refractivity contribution is 9.10. The number of aromatic nitrogens is 3. The fraction of sp³-hybridized carbons (Fsp3) is 0.333. The summed E-state index contributed by atoms with van der Waals surface area (Å²) in [5.74, 6) is 2.06. The molecule has 0 saturated carbocycles. The molecule has 10 heteroatoms. The molecule has 1 fully saturated rings. The van der Waals surface area contributed by atoms with Crippen LogP contribution in [0.4, 0.5) is 11.6 Å². The number of hydrogen-bond acceptors (Lipinski definition) is 8. The predicted molar refractivity (Wildman–Crippen MR) is 113 cm³/mol. The summed E-state index contributed by atoms with van der Waals surface area (Å²) in [5, 5.41) is 16.8. The number of halogens is 1. The lowest BCUT2D eigenvalue weighted by Crippen LogP contribution is -2.32. The highest BCUT2D eigenvalue weighted by atomic mass is 79.9. The quantitative estimate of drug-likeness (QED) is 0.288. The number of allylic oxidation sites excluding steroid dienone is 1. The molecular formula is C18H23BrN6O3. The van der Waals surface area contributed by atoms with Gasteiger partial charge in [0.25, 0.3) is 6.47 Å². The van der Waals surface area contributed by atoms with Crippen molar-refractivity contribution in [2.45, 2.75) is 18.9 Å². The molecule has 9 nitrogen and oxygen atoms in total. The molecule has 0 spiro atoms. The summed E-state index contributed by atoms with van der Waals surface area (Å²) in [5.41, 5.74) is 0.783. The smallest absolute Gasteiger partial charge is 0.298 e. The van der Waals surface area contributed by atoms with Crippen LogP contribution in [0.3, 0.4) is 0 Å². The SMILES string of the molecule is C=C/C(=C\N=C)OC=O.CNc1cc(N2CCCC2CO)nc2c(Br)cnn12.